The van der Waals surface area contributed by atoms with Gasteiger partial charge >= 0.3 is 5.97 Å². The Kier molecular flexibility index (Phi) is 9.35. The van der Waals surface area contributed by atoms with Crippen LogP contribution in [0.5, 0.6) is 0 Å². The summed E-state index contributed by atoms with van der Waals surface area (Å²) >= 11 is 0. The number of nitrogens with one attached hydrogen (secondary N) is 1. The monoisotopic (exact) mass is 675 g/mol. The zero-order valence-electron chi connectivity index (χ0n) is 31.6. The molecule has 1 amide bonds. The Morgan fingerprint density at radius 2 is 1.61 bits per heavy atom. The summed E-state index contributed by atoms with van der Waals surface area (Å²) in [5.74, 6) is 6.24. The van der Waals surface area contributed by atoms with E-state index < -0.39 is 16.8 Å². The lowest BCUT2D eigenvalue weighted by Crippen LogP contribution is -2.66. The molecule has 0 aromatic carbocycles. The van der Waals surface area contributed by atoms with E-state index >= 15 is 0 Å². The molecule has 270 valence electrons. The van der Waals surface area contributed by atoms with Crippen molar-refractivity contribution in [1.29, 1.82) is 0 Å². The number of likely N-dealkylation sites (N-methyl/N-ethyl adjacent to an activating group) is 1. The molecule has 4 saturated carbocycles. The van der Waals surface area contributed by atoms with Gasteiger partial charge in [0.2, 0.25) is 5.91 Å². The van der Waals surface area contributed by atoms with Crippen LogP contribution in [-0.2, 0) is 23.9 Å². The molecule has 0 unspecified atom stereocenters. The average Bonchev–Trinajstić information content (AvgIpc) is 3.04. The average molecular weight is 676 g/mol. The molecule has 1 heterocycles. The Balaban J connectivity index is 1.13. The van der Waals surface area contributed by atoms with Gasteiger partial charge in [0.25, 0.3) is 0 Å². The summed E-state index contributed by atoms with van der Waals surface area (Å²) in [5.41, 5.74) is -0.344. The second-order valence-corrected chi connectivity index (χ2v) is 18.7. The highest BCUT2D eigenvalue weighted by Crippen LogP contribution is 2.74. The molecular weight excluding hydrogens is 614 g/mol. The molecule has 8 atom stereocenters. The number of amides is 1. The zero-order valence-corrected chi connectivity index (χ0v) is 31.6. The molecule has 6 rings (SSSR count). The van der Waals surface area contributed by atoms with E-state index in [9.17, 15) is 19.2 Å². The van der Waals surface area contributed by atoms with Gasteiger partial charge in [-0.1, -0.05) is 65.9 Å². The zero-order chi connectivity index (χ0) is 35.6. The first kappa shape index (κ1) is 36.3. The molecule has 0 spiro atoms. The SMILES string of the molecule is CN1CCN(CC#CCOC(=O)CNC(=O)[C@]2(C)CC[C@]3(C)CC[C@]4(C)C(=CC(=O)[C@@H]5[C@@]6(C)CCC(=O)C(C)(C)[C@@H]6CC[C@]54C)[C@@H]3C2)CC1. The van der Waals surface area contributed by atoms with Gasteiger partial charge in [0.15, 0.2) is 12.4 Å². The number of carbonyl (C=O) groups excluding carboxylic acids is 4. The van der Waals surface area contributed by atoms with E-state index in [1.807, 2.05) is 13.0 Å². The van der Waals surface area contributed by atoms with Crippen LogP contribution in [0.15, 0.2) is 11.6 Å². The maximum Gasteiger partial charge on any atom is 0.326 e. The summed E-state index contributed by atoms with van der Waals surface area (Å²) in [6, 6.07) is 0. The second-order valence-electron chi connectivity index (χ2n) is 18.7. The van der Waals surface area contributed by atoms with Crippen molar-refractivity contribution in [2.45, 2.75) is 106 Å². The number of hydrogen-bond donors (Lipinski definition) is 1. The van der Waals surface area contributed by atoms with Crippen molar-refractivity contribution in [3.05, 3.63) is 11.6 Å². The van der Waals surface area contributed by atoms with Crippen LogP contribution >= 0.6 is 0 Å². The number of Topliss-reactive ketones (excluding diaryl/α,β-unsaturated/α-hetero) is 1. The van der Waals surface area contributed by atoms with Crippen molar-refractivity contribution in [3.8, 4) is 11.8 Å². The molecule has 0 bridgehead atoms. The van der Waals surface area contributed by atoms with Gasteiger partial charge in [-0.2, -0.15) is 0 Å². The Morgan fingerprint density at radius 3 is 2.33 bits per heavy atom. The number of carbonyl (C=O) groups is 4. The fraction of sp³-hybridized carbons (Fsp3) is 0.805. The van der Waals surface area contributed by atoms with E-state index in [1.165, 1.54) is 5.57 Å². The highest BCUT2D eigenvalue weighted by molar-refractivity contribution is 5.96. The molecule has 1 saturated heterocycles. The van der Waals surface area contributed by atoms with E-state index in [0.717, 1.165) is 71.1 Å². The third kappa shape index (κ3) is 5.93. The van der Waals surface area contributed by atoms with Gasteiger partial charge in [-0.25, -0.2) is 0 Å². The second kappa shape index (κ2) is 12.6. The molecule has 49 heavy (non-hydrogen) atoms. The summed E-state index contributed by atoms with van der Waals surface area (Å²) in [5, 5.41) is 2.90. The van der Waals surface area contributed by atoms with Crippen LogP contribution in [0.25, 0.3) is 0 Å². The minimum absolute atomic E-state index is 0.0221. The van der Waals surface area contributed by atoms with Gasteiger partial charge in [-0.05, 0) is 98.0 Å². The highest BCUT2D eigenvalue weighted by atomic mass is 16.5. The summed E-state index contributed by atoms with van der Waals surface area (Å²) in [7, 11) is 2.12. The van der Waals surface area contributed by atoms with Gasteiger partial charge < -0.3 is 15.0 Å². The number of ketones is 2. The van der Waals surface area contributed by atoms with E-state index in [2.05, 4.69) is 75.5 Å². The van der Waals surface area contributed by atoms with Crippen molar-refractivity contribution in [2.75, 3.05) is 52.9 Å². The summed E-state index contributed by atoms with van der Waals surface area (Å²) < 4.78 is 5.32. The van der Waals surface area contributed by atoms with Crippen molar-refractivity contribution in [3.63, 3.8) is 0 Å². The number of piperazine rings is 1. The van der Waals surface area contributed by atoms with Gasteiger partial charge in [0.05, 0.1) is 6.54 Å². The first-order valence-electron chi connectivity index (χ1n) is 19.0. The Bertz CT molecular complexity index is 1480. The van der Waals surface area contributed by atoms with E-state index in [-0.39, 0.29) is 64.3 Å². The molecule has 0 aromatic rings. The van der Waals surface area contributed by atoms with Crippen molar-refractivity contribution < 1.29 is 23.9 Å². The summed E-state index contributed by atoms with van der Waals surface area (Å²) in [6.45, 7) is 20.3. The predicted octanol–water partition coefficient (Wildman–Crippen LogP) is 5.45. The van der Waals surface area contributed by atoms with Crippen LogP contribution in [-0.4, -0.2) is 86.2 Å². The topological polar surface area (TPSA) is 96.0 Å². The maximum atomic E-state index is 14.5. The van der Waals surface area contributed by atoms with Crippen LogP contribution < -0.4 is 5.32 Å². The molecule has 8 nitrogen and oxygen atoms in total. The smallest absolute Gasteiger partial charge is 0.326 e. The Labute approximate surface area is 294 Å². The number of rotatable bonds is 5. The van der Waals surface area contributed by atoms with Crippen LogP contribution in [0.4, 0.5) is 0 Å². The molecule has 1 N–H and O–H groups in total. The Morgan fingerprint density at radius 1 is 0.918 bits per heavy atom. The molecule has 0 aromatic heterocycles. The number of allylic oxidation sites excluding steroid dienone is 2. The largest absolute Gasteiger partial charge is 0.451 e. The third-order valence-electron chi connectivity index (χ3n) is 15.6. The van der Waals surface area contributed by atoms with Crippen molar-refractivity contribution in [2.24, 2.45) is 50.2 Å². The quantitative estimate of drug-likeness (QED) is 0.306. The molecule has 1 aliphatic heterocycles. The molecular formula is C41H61N3O5. The summed E-state index contributed by atoms with van der Waals surface area (Å²) in [6.07, 6.45) is 9.72. The Hall–Kier alpha value is -2.50. The molecule has 5 fully saturated rings. The van der Waals surface area contributed by atoms with Gasteiger partial charge in [-0.3, -0.25) is 24.1 Å². The van der Waals surface area contributed by atoms with Crippen LogP contribution in [0.1, 0.15) is 106 Å². The lowest BCUT2D eigenvalue weighted by atomic mass is 9.33. The van der Waals surface area contributed by atoms with E-state index in [4.69, 9.17) is 4.74 Å². The van der Waals surface area contributed by atoms with Crippen LogP contribution in [0, 0.1) is 62.1 Å². The number of hydrogen-bond acceptors (Lipinski definition) is 7. The molecule has 5 aliphatic carbocycles. The number of nitrogens with zero attached hydrogens (tertiary/aromatic N) is 2. The molecule has 6 aliphatic rings. The number of ether oxygens (including phenoxy) is 1. The predicted molar refractivity (Wildman–Crippen MR) is 190 cm³/mol. The van der Waals surface area contributed by atoms with Gasteiger partial charge in [0, 0.05) is 49.3 Å². The maximum absolute atomic E-state index is 14.5. The molecule has 0 radical (unpaired) electrons. The number of fused-ring (bicyclic) bond motifs is 7. The lowest BCUT2D eigenvalue weighted by molar-refractivity contribution is -0.187. The number of esters is 1. The highest BCUT2D eigenvalue weighted by Gasteiger charge is 2.70. The third-order valence-corrected chi connectivity index (χ3v) is 15.6. The van der Waals surface area contributed by atoms with Crippen molar-refractivity contribution in [1.82, 2.24) is 15.1 Å². The van der Waals surface area contributed by atoms with E-state index in [0.29, 0.717) is 25.2 Å². The molecule has 8 heteroatoms. The normalized spacial score (nSPS) is 41.9. The van der Waals surface area contributed by atoms with Gasteiger partial charge in [-0.15, -0.1) is 0 Å². The van der Waals surface area contributed by atoms with Gasteiger partial charge in [0.1, 0.15) is 12.3 Å². The summed E-state index contributed by atoms with van der Waals surface area (Å²) in [4.78, 5) is 58.6. The minimum Gasteiger partial charge on any atom is -0.451 e. The first-order valence-corrected chi connectivity index (χ1v) is 19.0. The first-order chi connectivity index (χ1) is 22.9. The minimum atomic E-state index is -0.649. The fourth-order valence-corrected chi connectivity index (χ4v) is 11.9. The fourth-order valence-electron chi connectivity index (χ4n) is 11.9. The van der Waals surface area contributed by atoms with Crippen molar-refractivity contribution >= 4 is 23.4 Å². The standard InChI is InChI=1S/C41H61N3O5/c1-36(2)31-11-14-41(7)34(39(31,5)13-12-32(36)46)30(45)25-28-29-26-38(4,16-15-37(29,3)17-18-40(28,41)6)35(48)42-27-33(47)49-24-10-9-19-44-22-20-43(8)21-23-44/h25,29,31,34H,11-24,26-27H2,1-8H3,(H,42,48)/t29-,31-,34+,37+,38+,39-,40+,41+/m0/s1. The van der Waals surface area contributed by atoms with Crippen LogP contribution in [0.3, 0.4) is 0 Å². The van der Waals surface area contributed by atoms with E-state index in [1.54, 1.807) is 0 Å². The van der Waals surface area contributed by atoms with Crippen LogP contribution in [0.2, 0.25) is 0 Å². The lowest BCUT2D eigenvalue weighted by Gasteiger charge is -2.70.